The van der Waals surface area contributed by atoms with Gasteiger partial charge in [-0.2, -0.15) is 0 Å². The van der Waals surface area contributed by atoms with E-state index in [2.05, 4.69) is 12.0 Å². The predicted octanol–water partition coefficient (Wildman–Crippen LogP) is 5.44. The lowest BCUT2D eigenvalue weighted by Crippen LogP contribution is -2.41. The highest BCUT2D eigenvalue weighted by atomic mass is 16.2. The number of hydrogen-bond acceptors (Lipinski definition) is 3. The van der Waals surface area contributed by atoms with Gasteiger partial charge in [0, 0.05) is 17.2 Å². The third kappa shape index (κ3) is 5.08. The lowest BCUT2D eigenvalue weighted by atomic mass is 10.0. The normalized spacial score (nSPS) is 11.0. The van der Waals surface area contributed by atoms with E-state index in [-0.39, 0.29) is 24.1 Å². The largest absolute Gasteiger partial charge is 0.329 e. The van der Waals surface area contributed by atoms with Crippen LogP contribution in [0.5, 0.6) is 0 Å². The van der Waals surface area contributed by atoms with Crippen molar-refractivity contribution in [1.29, 1.82) is 0 Å². The Hall–Kier alpha value is -4.19. The maximum absolute atomic E-state index is 13.7. The molecular weight excluding hydrogens is 450 g/mol. The van der Waals surface area contributed by atoms with Gasteiger partial charge in [0.15, 0.2) is 5.78 Å². The molecular formula is C30H31N3O3. The standard InChI is InChI=1S/C30H31N3O3/c1-5-22-13-15-24(16-14-22)29(35)32(20(2)3)19-26(34)27-28(23-9-7-6-8-10-23)31-33(30(27)36)25-17-11-21(4)12-18-25/h6-18,20,31H,5,19H2,1-4H3. The number of nitrogens with one attached hydrogen (secondary N) is 1. The summed E-state index contributed by atoms with van der Waals surface area (Å²) >= 11 is 0. The summed E-state index contributed by atoms with van der Waals surface area (Å²) in [6, 6.07) is 24.0. The van der Waals surface area contributed by atoms with Crippen LogP contribution < -0.4 is 5.56 Å². The van der Waals surface area contributed by atoms with Gasteiger partial charge < -0.3 is 4.90 Å². The van der Waals surface area contributed by atoms with E-state index in [0.717, 1.165) is 23.1 Å². The van der Waals surface area contributed by atoms with Crippen LogP contribution in [0.15, 0.2) is 83.7 Å². The number of ketones is 1. The van der Waals surface area contributed by atoms with E-state index in [4.69, 9.17) is 0 Å². The molecule has 0 bridgehead atoms. The lowest BCUT2D eigenvalue weighted by Gasteiger charge is -2.26. The number of rotatable bonds is 8. The highest BCUT2D eigenvalue weighted by molar-refractivity contribution is 6.05. The Kier molecular flexibility index (Phi) is 7.34. The molecule has 0 aliphatic rings. The average molecular weight is 482 g/mol. The molecule has 3 aromatic carbocycles. The monoisotopic (exact) mass is 481 g/mol. The second-order valence-electron chi connectivity index (χ2n) is 9.20. The van der Waals surface area contributed by atoms with Gasteiger partial charge in [0.1, 0.15) is 5.56 Å². The minimum Gasteiger partial charge on any atom is -0.329 e. The van der Waals surface area contributed by atoms with Crippen LogP contribution in [-0.2, 0) is 6.42 Å². The Morgan fingerprint density at radius 3 is 2.14 bits per heavy atom. The number of Topliss-reactive ketones (excluding diaryl/α,β-unsaturated/α-hetero) is 1. The molecule has 0 radical (unpaired) electrons. The first-order valence-electron chi connectivity index (χ1n) is 12.2. The highest BCUT2D eigenvalue weighted by Gasteiger charge is 2.28. The summed E-state index contributed by atoms with van der Waals surface area (Å²) in [6.45, 7) is 7.56. The van der Waals surface area contributed by atoms with Crippen molar-refractivity contribution in [2.45, 2.75) is 40.2 Å². The Balaban J connectivity index is 1.74. The number of nitrogens with zero attached hydrogens (tertiary/aromatic N) is 2. The number of aromatic nitrogens is 2. The van der Waals surface area contributed by atoms with Crippen LogP contribution in [0.1, 0.15) is 52.6 Å². The Morgan fingerprint density at radius 2 is 1.56 bits per heavy atom. The smallest absolute Gasteiger partial charge is 0.282 e. The van der Waals surface area contributed by atoms with Crippen LogP contribution in [0.4, 0.5) is 0 Å². The zero-order chi connectivity index (χ0) is 25.8. The fourth-order valence-corrected chi connectivity index (χ4v) is 4.16. The van der Waals surface area contributed by atoms with Crippen LogP contribution in [-0.4, -0.2) is 39.0 Å². The summed E-state index contributed by atoms with van der Waals surface area (Å²) in [5.74, 6) is -0.648. The maximum Gasteiger partial charge on any atom is 0.282 e. The quantitative estimate of drug-likeness (QED) is 0.341. The molecule has 6 heteroatoms. The number of carbonyl (C=O) groups is 2. The van der Waals surface area contributed by atoms with Gasteiger partial charge in [0.05, 0.1) is 17.9 Å². The van der Waals surface area contributed by atoms with Crippen LogP contribution in [0, 0.1) is 6.92 Å². The van der Waals surface area contributed by atoms with Crippen molar-refractivity contribution < 1.29 is 9.59 Å². The molecule has 4 aromatic rings. The summed E-state index contributed by atoms with van der Waals surface area (Å²) in [4.78, 5) is 42.1. The Morgan fingerprint density at radius 1 is 0.917 bits per heavy atom. The zero-order valence-electron chi connectivity index (χ0n) is 21.1. The number of H-pyrrole nitrogens is 1. The molecule has 6 nitrogen and oxygen atoms in total. The van der Waals surface area contributed by atoms with E-state index in [1.165, 1.54) is 9.58 Å². The molecule has 1 N–H and O–H groups in total. The summed E-state index contributed by atoms with van der Waals surface area (Å²) in [7, 11) is 0. The van der Waals surface area contributed by atoms with E-state index in [9.17, 15) is 14.4 Å². The van der Waals surface area contributed by atoms with Gasteiger partial charge >= 0.3 is 0 Å². The first kappa shape index (κ1) is 24.9. The van der Waals surface area contributed by atoms with Crippen molar-refractivity contribution in [3.05, 3.63) is 111 Å². The van der Waals surface area contributed by atoms with E-state index in [0.29, 0.717) is 16.9 Å². The zero-order valence-corrected chi connectivity index (χ0v) is 21.1. The Bertz CT molecular complexity index is 1410. The van der Waals surface area contributed by atoms with Crippen molar-refractivity contribution >= 4 is 11.7 Å². The minimum absolute atomic E-state index is 0.0431. The van der Waals surface area contributed by atoms with E-state index in [1.807, 2.05) is 87.5 Å². The molecule has 1 amide bonds. The lowest BCUT2D eigenvalue weighted by molar-refractivity contribution is 0.0662. The first-order chi connectivity index (χ1) is 17.3. The van der Waals surface area contributed by atoms with Crippen molar-refractivity contribution in [1.82, 2.24) is 14.7 Å². The third-order valence-corrected chi connectivity index (χ3v) is 6.33. The van der Waals surface area contributed by atoms with Gasteiger partial charge in [-0.05, 0) is 57.0 Å². The van der Waals surface area contributed by atoms with Crippen LogP contribution >= 0.6 is 0 Å². The minimum atomic E-state index is -0.439. The van der Waals surface area contributed by atoms with Crippen molar-refractivity contribution in [3.63, 3.8) is 0 Å². The van der Waals surface area contributed by atoms with E-state index in [1.54, 1.807) is 12.1 Å². The van der Waals surface area contributed by atoms with E-state index >= 15 is 0 Å². The molecule has 0 atom stereocenters. The van der Waals surface area contributed by atoms with Crippen LogP contribution in [0.2, 0.25) is 0 Å². The van der Waals surface area contributed by atoms with Gasteiger partial charge in [0.2, 0.25) is 0 Å². The summed E-state index contributed by atoms with van der Waals surface area (Å²) in [6.07, 6.45) is 0.879. The van der Waals surface area contributed by atoms with E-state index < -0.39 is 11.3 Å². The SMILES string of the molecule is CCc1ccc(C(=O)N(CC(=O)c2c(-c3ccccc3)[nH]n(-c3ccc(C)cc3)c2=O)C(C)C)cc1. The number of aromatic amines is 1. The van der Waals surface area contributed by atoms with Crippen molar-refractivity contribution in [3.8, 4) is 16.9 Å². The van der Waals surface area contributed by atoms with Crippen molar-refractivity contribution in [2.75, 3.05) is 6.54 Å². The second kappa shape index (κ2) is 10.6. The molecule has 0 aliphatic heterocycles. The van der Waals surface area contributed by atoms with Gasteiger partial charge in [0.25, 0.3) is 11.5 Å². The number of aryl methyl sites for hydroxylation is 2. The molecule has 0 aliphatic carbocycles. The van der Waals surface area contributed by atoms with Gasteiger partial charge in [-0.3, -0.25) is 19.5 Å². The molecule has 0 saturated heterocycles. The van der Waals surface area contributed by atoms with Crippen LogP contribution in [0.25, 0.3) is 16.9 Å². The molecule has 0 unspecified atom stereocenters. The molecule has 36 heavy (non-hydrogen) atoms. The predicted molar refractivity (Wildman–Crippen MR) is 143 cm³/mol. The Labute approximate surface area is 211 Å². The van der Waals surface area contributed by atoms with Gasteiger partial charge in [-0.1, -0.05) is 67.1 Å². The third-order valence-electron chi connectivity index (χ3n) is 6.33. The highest BCUT2D eigenvalue weighted by Crippen LogP contribution is 2.22. The van der Waals surface area contributed by atoms with Gasteiger partial charge in [-0.25, -0.2) is 4.68 Å². The fourth-order valence-electron chi connectivity index (χ4n) is 4.16. The first-order valence-corrected chi connectivity index (χ1v) is 12.2. The second-order valence-corrected chi connectivity index (χ2v) is 9.20. The number of carbonyl (C=O) groups excluding carboxylic acids is 2. The van der Waals surface area contributed by atoms with Crippen LogP contribution in [0.3, 0.4) is 0 Å². The topological polar surface area (TPSA) is 75.2 Å². The number of benzene rings is 3. The fraction of sp³-hybridized carbons (Fsp3) is 0.233. The molecule has 1 aromatic heterocycles. The molecule has 1 heterocycles. The van der Waals surface area contributed by atoms with Gasteiger partial charge in [-0.15, -0.1) is 0 Å². The average Bonchev–Trinajstić information content (AvgIpc) is 3.24. The summed E-state index contributed by atoms with van der Waals surface area (Å²) in [5, 5.41) is 3.14. The summed E-state index contributed by atoms with van der Waals surface area (Å²) in [5.41, 5.74) is 4.12. The molecule has 0 fully saturated rings. The number of amides is 1. The molecule has 0 saturated carbocycles. The molecule has 0 spiro atoms. The van der Waals surface area contributed by atoms with Crippen molar-refractivity contribution in [2.24, 2.45) is 0 Å². The maximum atomic E-state index is 13.7. The molecule has 4 rings (SSSR count). The summed E-state index contributed by atoms with van der Waals surface area (Å²) < 4.78 is 1.39. The molecule has 184 valence electrons. The number of hydrogen-bond donors (Lipinski definition) is 1.